The molecule has 0 heterocycles. The van der Waals surface area contributed by atoms with Gasteiger partial charge in [0.25, 0.3) is 0 Å². The van der Waals surface area contributed by atoms with Crippen LogP contribution in [0, 0.1) is 0 Å². The lowest BCUT2D eigenvalue weighted by atomic mass is 10.3. The van der Waals surface area contributed by atoms with Crippen LogP contribution in [0.4, 0.5) is 0 Å². The van der Waals surface area contributed by atoms with E-state index < -0.39 is 0 Å². The van der Waals surface area contributed by atoms with Crippen molar-refractivity contribution >= 4 is 9.24 Å². The number of hydrogen-bond donors (Lipinski definition) is 1. The molecule has 0 aromatic carbocycles. The van der Waals surface area contributed by atoms with E-state index in [1.807, 2.05) is 0 Å². The smallest absolute Gasteiger partial charge is 0.0696 e. The first kappa shape index (κ1) is 8.35. The van der Waals surface area contributed by atoms with Crippen molar-refractivity contribution in [2.24, 2.45) is 5.73 Å². The lowest BCUT2D eigenvalue weighted by Gasteiger charge is -2.09. The highest BCUT2D eigenvalue weighted by molar-refractivity contribution is 7.16. The Morgan fingerprint density at radius 2 is 2.38 bits per heavy atom. The van der Waals surface area contributed by atoms with Crippen LogP contribution in [0.15, 0.2) is 0 Å². The Morgan fingerprint density at radius 1 is 1.75 bits per heavy atom. The quantitative estimate of drug-likeness (QED) is 0.560. The number of methoxy groups -OCH3 is 1. The van der Waals surface area contributed by atoms with E-state index in [9.17, 15) is 0 Å². The molecule has 0 saturated heterocycles. The second-order valence-corrected chi connectivity index (χ2v) is 2.25. The van der Waals surface area contributed by atoms with Gasteiger partial charge in [-0.2, -0.15) is 0 Å². The number of rotatable bonds is 4. The maximum Gasteiger partial charge on any atom is 0.0696 e. The van der Waals surface area contributed by atoms with Gasteiger partial charge in [0.1, 0.15) is 0 Å². The zero-order valence-corrected chi connectivity index (χ0v) is 6.42. The zero-order valence-electron chi connectivity index (χ0n) is 5.26. The molecule has 0 spiro atoms. The highest BCUT2D eigenvalue weighted by Gasteiger charge is 1.99. The van der Waals surface area contributed by atoms with E-state index in [0.717, 1.165) is 12.6 Å². The average Bonchev–Trinajstić information content (AvgIpc) is 1.83. The zero-order chi connectivity index (χ0) is 6.41. The molecule has 0 fully saturated rings. The third-order valence-corrected chi connectivity index (χ3v) is 1.42. The Kier molecular flexibility index (Phi) is 5.73. The third-order valence-electron chi connectivity index (χ3n) is 1.08. The fraction of sp³-hybridized carbons (Fsp3) is 1.00. The molecule has 0 amide bonds. The van der Waals surface area contributed by atoms with Crippen molar-refractivity contribution in [3.8, 4) is 0 Å². The van der Waals surface area contributed by atoms with Gasteiger partial charge in [0.15, 0.2) is 0 Å². The molecule has 0 aromatic heterocycles. The first-order chi connectivity index (χ1) is 3.85. The molecule has 0 saturated carbocycles. The minimum Gasteiger partial charge on any atom is -0.380 e. The molecule has 2 N–H and O–H groups in total. The molecular weight excluding hydrogens is 121 g/mol. The predicted molar refractivity (Wildman–Crippen MR) is 39.0 cm³/mol. The molecule has 0 aliphatic heterocycles. The normalized spacial score (nSPS) is 13.9. The molecule has 0 aromatic rings. The molecule has 8 heavy (non-hydrogen) atoms. The maximum absolute atomic E-state index is 5.34. The molecular formula is C5H14NOP. The number of ether oxygens (including phenoxy) is 1. The molecule has 2 atom stereocenters. The van der Waals surface area contributed by atoms with Gasteiger partial charge in [-0.25, -0.2) is 0 Å². The fourth-order valence-electron chi connectivity index (χ4n) is 0.518. The Bertz CT molecular complexity index is 47.7. The van der Waals surface area contributed by atoms with E-state index in [1.54, 1.807) is 7.11 Å². The summed E-state index contributed by atoms with van der Waals surface area (Å²) in [5.74, 6) is 0. The highest BCUT2D eigenvalue weighted by atomic mass is 31.0. The highest BCUT2D eigenvalue weighted by Crippen LogP contribution is 1.96. The van der Waals surface area contributed by atoms with Crippen LogP contribution in [-0.2, 0) is 4.74 Å². The third kappa shape index (κ3) is 3.36. The lowest BCUT2D eigenvalue weighted by Crippen LogP contribution is -2.22. The Morgan fingerprint density at radius 3 is 2.50 bits per heavy atom. The average molecular weight is 135 g/mol. The summed E-state index contributed by atoms with van der Waals surface area (Å²) in [7, 11) is 4.34. The van der Waals surface area contributed by atoms with Crippen LogP contribution in [0.2, 0.25) is 0 Å². The van der Waals surface area contributed by atoms with Crippen molar-refractivity contribution in [3.05, 3.63) is 0 Å². The molecule has 0 rings (SSSR count). The molecule has 3 heteroatoms. The van der Waals surface area contributed by atoms with Gasteiger partial charge < -0.3 is 10.5 Å². The van der Waals surface area contributed by atoms with E-state index in [2.05, 4.69) is 9.24 Å². The van der Waals surface area contributed by atoms with Gasteiger partial charge in [-0.05, 0) is 12.6 Å². The van der Waals surface area contributed by atoms with Crippen molar-refractivity contribution in [2.75, 3.05) is 19.8 Å². The van der Waals surface area contributed by atoms with Crippen LogP contribution in [-0.4, -0.2) is 25.9 Å². The first-order valence-corrected chi connectivity index (χ1v) is 3.59. The standard InChI is InChI=1S/C5H14NOP/c1-7-5(4-6)2-3-8/h5H,2-4,6,8H2,1H3. The van der Waals surface area contributed by atoms with Crippen LogP contribution in [0.3, 0.4) is 0 Å². The van der Waals surface area contributed by atoms with Crippen molar-refractivity contribution < 1.29 is 4.74 Å². The first-order valence-electron chi connectivity index (χ1n) is 2.78. The summed E-state index contributed by atoms with van der Waals surface area (Å²) in [5.41, 5.74) is 5.34. The summed E-state index contributed by atoms with van der Waals surface area (Å²) in [4.78, 5) is 0. The van der Waals surface area contributed by atoms with Gasteiger partial charge in [-0.1, -0.05) is 0 Å². The summed E-state index contributed by atoms with van der Waals surface area (Å²) in [6, 6.07) is 0. The van der Waals surface area contributed by atoms with Gasteiger partial charge in [-0.3, -0.25) is 0 Å². The number of hydrogen-bond acceptors (Lipinski definition) is 2. The van der Waals surface area contributed by atoms with Crippen LogP contribution in [0.25, 0.3) is 0 Å². The van der Waals surface area contributed by atoms with Crippen molar-refractivity contribution in [1.29, 1.82) is 0 Å². The second-order valence-electron chi connectivity index (χ2n) is 1.67. The SMILES string of the molecule is COC(CN)CCP. The summed E-state index contributed by atoms with van der Waals surface area (Å²) in [5, 5.41) is 0. The van der Waals surface area contributed by atoms with Crippen molar-refractivity contribution in [1.82, 2.24) is 0 Å². The van der Waals surface area contributed by atoms with Gasteiger partial charge in [0, 0.05) is 13.7 Å². The van der Waals surface area contributed by atoms with E-state index in [0.29, 0.717) is 6.54 Å². The van der Waals surface area contributed by atoms with E-state index in [-0.39, 0.29) is 6.10 Å². The Hall–Kier alpha value is 0.350. The van der Waals surface area contributed by atoms with E-state index >= 15 is 0 Å². The van der Waals surface area contributed by atoms with Gasteiger partial charge in [0.2, 0.25) is 0 Å². The van der Waals surface area contributed by atoms with Crippen LogP contribution >= 0.6 is 9.24 Å². The fourth-order valence-corrected chi connectivity index (χ4v) is 0.890. The topological polar surface area (TPSA) is 35.2 Å². The maximum atomic E-state index is 5.34. The summed E-state index contributed by atoms with van der Waals surface area (Å²) >= 11 is 0. The largest absolute Gasteiger partial charge is 0.380 e. The minimum absolute atomic E-state index is 0.257. The number of nitrogens with two attached hydrogens (primary N) is 1. The van der Waals surface area contributed by atoms with Gasteiger partial charge >= 0.3 is 0 Å². The van der Waals surface area contributed by atoms with Crippen LogP contribution in [0.1, 0.15) is 6.42 Å². The summed E-state index contributed by atoms with van der Waals surface area (Å²) in [6.07, 6.45) is 2.36. The van der Waals surface area contributed by atoms with Crippen molar-refractivity contribution in [3.63, 3.8) is 0 Å². The predicted octanol–water partition coefficient (Wildman–Crippen LogP) is 0.225. The monoisotopic (exact) mass is 135 g/mol. The van der Waals surface area contributed by atoms with Crippen LogP contribution in [0.5, 0.6) is 0 Å². The Labute approximate surface area is 53.0 Å². The van der Waals surface area contributed by atoms with Crippen LogP contribution < -0.4 is 5.73 Å². The summed E-state index contributed by atoms with van der Waals surface area (Å²) < 4.78 is 5.00. The molecule has 0 radical (unpaired) electrons. The molecule has 2 nitrogen and oxygen atoms in total. The molecule has 0 aliphatic rings. The minimum atomic E-state index is 0.257. The van der Waals surface area contributed by atoms with Crippen molar-refractivity contribution in [2.45, 2.75) is 12.5 Å². The van der Waals surface area contributed by atoms with Gasteiger partial charge in [0.05, 0.1) is 6.10 Å². The summed E-state index contributed by atoms with van der Waals surface area (Å²) in [6.45, 7) is 0.630. The lowest BCUT2D eigenvalue weighted by molar-refractivity contribution is 0.107. The molecule has 2 unspecified atom stereocenters. The second kappa shape index (κ2) is 5.49. The Balaban J connectivity index is 3.07. The molecule has 0 aliphatic carbocycles. The molecule has 0 bridgehead atoms. The van der Waals surface area contributed by atoms with Gasteiger partial charge in [-0.15, -0.1) is 9.24 Å². The molecule has 50 valence electrons. The van der Waals surface area contributed by atoms with E-state index in [4.69, 9.17) is 10.5 Å². The van der Waals surface area contributed by atoms with E-state index in [1.165, 1.54) is 0 Å².